The van der Waals surface area contributed by atoms with Gasteiger partial charge in [0.05, 0.1) is 5.56 Å². The number of carbonyl (C=O) groups is 2. The Bertz CT molecular complexity index is 1000. The summed E-state index contributed by atoms with van der Waals surface area (Å²) in [6.07, 6.45) is 4.78. The Kier molecular flexibility index (Phi) is 5.65. The largest absolute Gasteiger partial charge is 0.452 e. The molecule has 0 atom stereocenters. The number of hydrogen-bond acceptors (Lipinski definition) is 3. The number of amides is 1. The molecule has 0 N–H and O–H groups in total. The molecule has 0 saturated carbocycles. The predicted molar refractivity (Wildman–Crippen MR) is 113 cm³/mol. The fourth-order valence-electron chi connectivity index (χ4n) is 4.13. The second kappa shape index (κ2) is 8.52. The quantitative estimate of drug-likeness (QED) is 0.623. The van der Waals surface area contributed by atoms with Gasteiger partial charge in [-0.1, -0.05) is 48.5 Å². The van der Waals surface area contributed by atoms with Crippen LogP contribution in [0.15, 0.2) is 60.8 Å². The first-order valence-electron chi connectivity index (χ1n) is 10.1. The maximum absolute atomic E-state index is 12.5. The van der Waals surface area contributed by atoms with E-state index in [2.05, 4.69) is 24.3 Å². The number of rotatable bonds is 5. The van der Waals surface area contributed by atoms with Crippen LogP contribution >= 0.6 is 0 Å². The topological polar surface area (TPSA) is 51.5 Å². The molecule has 2 heterocycles. The molecular weight excluding hydrogens is 364 g/mol. The average molecular weight is 390 g/mol. The standard InChI is InChI=1S/C24H26N2O3/c1-25-16-21(20-9-5-6-10-22(20)25)24(28)29-17-23(27)26-13-11-19(12-14-26)15-18-7-3-2-4-8-18/h2-10,16,19H,11-15,17H2,1H3. The maximum atomic E-state index is 12.5. The minimum absolute atomic E-state index is 0.114. The second-order valence-electron chi connectivity index (χ2n) is 7.76. The smallest absolute Gasteiger partial charge is 0.340 e. The number of para-hydroxylation sites is 1. The highest BCUT2D eigenvalue weighted by Crippen LogP contribution is 2.23. The van der Waals surface area contributed by atoms with E-state index in [1.165, 1.54) is 5.56 Å². The molecule has 1 fully saturated rings. The van der Waals surface area contributed by atoms with Gasteiger partial charge in [-0.2, -0.15) is 0 Å². The molecule has 1 aliphatic rings. The van der Waals surface area contributed by atoms with Crippen LogP contribution < -0.4 is 0 Å². The minimum atomic E-state index is -0.450. The van der Waals surface area contributed by atoms with Gasteiger partial charge >= 0.3 is 5.97 Å². The molecule has 0 unspecified atom stereocenters. The van der Waals surface area contributed by atoms with Crippen molar-refractivity contribution in [2.45, 2.75) is 19.3 Å². The molecule has 3 aromatic rings. The third-order valence-electron chi connectivity index (χ3n) is 5.78. The van der Waals surface area contributed by atoms with Crippen molar-refractivity contribution < 1.29 is 14.3 Å². The number of ether oxygens (including phenoxy) is 1. The van der Waals surface area contributed by atoms with Crippen LogP contribution in [0.2, 0.25) is 0 Å². The van der Waals surface area contributed by atoms with Crippen molar-refractivity contribution in [2.24, 2.45) is 13.0 Å². The zero-order valence-corrected chi connectivity index (χ0v) is 16.7. The number of aromatic nitrogens is 1. The normalized spacial score (nSPS) is 14.9. The van der Waals surface area contributed by atoms with E-state index in [4.69, 9.17) is 4.74 Å². The van der Waals surface area contributed by atoms with Crippen LogP contribution in [0.5, 0.6) is 0 Å². The first kappa shape index (κ1) is 19.2. The molecule has 29 heavy (non-hydrogen) atoms. The van der Waals surface area contributed by atoms with Gasteiger partial charge in [0.25, 0.3) is 5.91 Å². The lowest BCUT2D eigenvalue weighted by atomic mass is 9.90. The molecule has 0 aliphatic carbocycles. The number of aryl methyl sites for hydroxylation is 1. The number of nitrogens with zero attached hydrogens (tertiary/aromatic N) is 2. The summed E-state index contributed by atoms with van der Waals surface area (Å²) in [5.74, 6) is 0.0329. The number of hydrogen-bond donors (Lipinski definition) is 0. The highest BCUT2D eigenvalue weighted by Gasteiger charge is 2.24. The lowest BCUT2D eigenvalue weighted by molar-refractivity contribution is -0.135. The molecule has 4 rings (SSSR count). The van der Waals surface area contributed by atoms with E-state index in [1.807, 2.05) is 46.8 Å². The summed E-state index contributed by atoms with van der Waals surface area (Å²) in [4.78, 5) is 26.8. The third-order valence-corrected chi connectivity index (χ3v) is 5.78. The number of esters is 1. The van der Waals surface area contributed by atoms with Crippen LogP contribution in [0.3, 0.4) is 0 Å². The molecule has 150 valence electrons. The van der Waals surface area contributed by atoms with Gasteiger partial charge in [0.15, 0.2) is 6.61 Å². The first-order valence-corrected chi connectivity index (χ1v) is 10.1. The zero-order chi connectivity index (χ0) is 20.2. The minimum Gasteiger partial charge on any atom is -0.452 e. The van der Waals surface area contributed by atoms with Gasteiger partial charge in [0.2, 0.25) is 0 Å². The van der Waals surface area contributed by atoms with Gasteiger partial charge in [-0.3, -0.25) is 4.79 Å². The Morgan fingerprint density at radius 2 is 1.69 bits per heavy atom. The first-order chi connectivity index (χ1) is 14.1. The molecule has 1 aromatic heterocycles. The number of likely N-dealkylation sites (tertiary alicyclic amines) is 1. The molecule has 1 saturated heterocycles. The Labute approximate surface area is 170 Å². The molecule has 0 radical (unpaired) electrons. The van der Waals surface area contributed by atoms with Crippen molar-refractivity contribution in [2.75, 3.05) is 19.7 Å². The van der Waals surface area contributed by atoms with Crippen LogP contribution in [-0.4, -0.2) is 41.0 Å². The van der Waals surface area contributed by atoms with Crippen molar-refractivity contribution in [3.63, 3.8) is 0 Å². The van der Waals surface area contributed by atoms with Crippen molar-refractivity contribution >= 4 is 22.8 Å². The Hall–Kier alpha value is -3.08. The van der Waals surface area contributed by atoms with Gasteiger partial charge in [-0.05, 0) is 36.8 Å². The lowest BCUT2D eigenvalue weighted by Gasteiger charge is -2.32. The Morgan fingerprint density at radius 3 is 2.45 bits per heavy atom. The lowest BCUT2D eigenvalue weighted by Crippen LogP contribution is -2.41. The van der Waals surface area contributed by atoms with E-state index in [0.717, 1.165) is 43.3 Å². The molecule has 0 spiro atoms. The monoisotopic (exact) mass is 390 g/mol. The second-order valence-corrected chi connectivity index (χ2v) is 7.76. The highest BCUT2D eigenvalue weighted by molar-refractivity contribution is 6.04. The Morgan fingerprint density at radius 1 is 1.00 bits per heavy atom. The predicted octanol–water partition coefficient (Wildman–Crippen LogP) is 3.82. The molecule has 2 aromatic carbocycles. The van der Waals surface area contributed by atoms with Gasteiger partial charge in [0, 0.05) is 37.2 Å². The molecule has 1 amide bonds. The number of fused-ring (bicyclic) bond motifs is 1. The number of benzene rings is 2. The molecule has 1 aliphatic heterocycles. The van der Waals surface area contributed by atoms with Crippen LogP contribution in [-0.2, 0) is 23.0 Å². The number of piperidine rings is 1. The summed E-state index contributed by atoms with van der Waals surface area (Å²) in [5.41, 5.74) is 2.81. The Balaban J connectivity index is 1.28. The summed E-state index contributed by atoms with van der Waals surface area (Å²) >= 11 is 0. The summed E-state index contributed by atoms with van der Waals surface area (Å²) in [6.45, 7) is 1.25. The van der Waals surface area contributed by atoms with E-state index in [9.17, 15) is 9.59 Å². The summed E-state index contributed by atoms with van der Waals surface area (Å²) in [6, 6.07) is 18.2. The van der Waals surface area contributed by atoms with E-state index >= 15 is 0 Å². The van der Waals surface area contributed by atoms with Gasteiger partial charge in [-0.25, -0.2) is 4.79 Å². The van der Waals surface area contributed by atoms with E-state index < -0.39 is 5.97 Å². The van der Waals surface area contributed by atoms with Crippen molar-refractivity contribution in [1.82, 2.24) is 9.47 Å². The molecule has 0 bridgehead atoms. The van der Waals surface area contributed by atoms with Crippen LogP contribution in [0.1, 0.15) is 28.8 Å². The molecule has 5 nitrogen and oxygen atoms in total. The zero-order valence-electron chi connectivity index (χ0n) is 16.7. The van der Waals surface area contributed by atoms with Gasteiger partial charge in [0.1, 0.15) is 0 Å². The summed E-state index contributed by atoms with van der Waals surface area (Å²) < 4.78 is 7.24. The highest BCUT2D eigenvalue weighted by atomic mass is 16.5. The van der Waals surface area contributed by atoms with Crippen LogP contribution in [0.25, 0.3) is 10.9 Å². The molecule has 5 heteroatoms. The fraction of sp³-hybridized carbons (Fsp3) is 0.333. The van der Waals surface area contributed by atoms with Crippen molar-refractivity contribution in [3.8, 4) is 0 Å². The average Bonchev–Trinajstić information content (AvgIpc) is 3.10. The number of carbonyl (C=O) groups excluding carboxylic acids is 2. The van der Waals surface area contributed by atoms with Crippen LogP contribution in [0.4, 0.5) is 0 Å². The van der Waals surface area contributed by atoms with Gasteiger partial charge < -0.3 is 14.2 Å². The van der Waals surface area contributed by atoms with E-state index in [-0.39, 0.29) is 12.5 Å². The van der Waals surface area contributed by atoms with Gasteiger partial charge in [-0.15, -0.1) is 0 Å². The SMILES string of the molecule is Cn1cc(C(=O)OCC(=O)N2CCC(Cc3ccccc3)CC2)c2ccccc21. The summed E-state index contributed by atoms with van der Waals surface area (Å²) in [5, 5.41) is 0.842. The van der Waals surface area contributed by atoms with Crippen molar-refractivity contribution in [3.05, 3.63) is 71.9 Å². The van der Waals surface area contributed by atoms with Crippen molar-refractivity contribution in [1.29, 1.82) is 0 Å². The maximum Gasteiger partial charge on any atom is 0.340 e. The summed E-state index contributed by atoms with van der Waals surface area (Å²) in [7, 11) is 1.89. The van der Waals surface area contributed by atoms with Crippen LogP contribution in [0, 0.1) is 5.92 Å². The van der Waals surface area contributed by atoms with E-state index in [0.29, 0.717) is 11.5 Å². The van der Waals surface area contributed by atoms with E-state index in [1.54, 1.807) is 6.20 Å². The molecular formula is C24H26N2O3. The fourth-order valence-corrected chi connectivity index (χ4v) is 4.13. The third kappa shape index (κ3) is 4.34.